The topological polar surface area (TPSA) is 117 Å². The first kappa shape index (κ1) is 32.2. The number of fused-ring (bicyclic) bond motifs is 1. The molecular weight excluding hydrogens is 693 g/mol. The molecule has 0 saturated carbocycles. The molecule has 3 N–H and O–H groups in total. The van der Waals surface area contributed by atoms with Gasteiger partial charge in [0.05, 0.1) is 41.8 Å². The van der Waals surface area contributed by atoms with E-state index in [-0.39, 0.29) is 43.7 Å². The van der Waals surface area contributed by atoms with Gasteiger partial charge in [0.2, 0.25) is 11.8 Å². The molecule has 2 heterocycles. The molecule has 1 saturated heterocycles. The number of phenols is 1. The van der Waals surface area contributed by atoms with Crippen LogP contribution in [0.15, 0.2) is 76.7 Å². The Labute approximate surface area is 274 Å². The summed E-state index contributed by atoms with van der Waals surface area (Å²) in [6.07, 6.45) is 2.21. The summed E-state index contributed by atoms with van der Waals surface area (Å²) in [5, 5.41) is 34.4. The van der Waals surface area contributed by atoms with Crippen molar-refractivity contribution in [2.45, 2.75) is 38.8 Å². The zero-order valence-electron chi connectivity index (χ0n) is 24.6. The predicted octanol–water partition coefficient (Wildman–Crippen LogP) is 5.80. The second-order valence-electron chi connectivity index (χ2n) is 11.2. The third-order valence-electron chi connectivity index (χ3n) is 8.38. The van der Waals surface area contributed by atoms with Crippen LogP contribution >= 0.6 is 33.9 Å². The molecule has 0 spiro atoms. The first-order valence-corrected chi connectivity index (χ1v) is 16.5. The number of carbonyl (C=O) groups excluding carboxylic acids is 2. The molecule has 0 unspecified atom stereocenters. The summed E-state index contributed by atoms with van der Waals surface area (Å²) in [7, 11) is 1.50. The molecule has 1 fully saturated rings. The van der Waals surface area contributed by atoms with Gasteiger partial charge < -0.3 is 24.8 Å². The van der Waals surface area contributed by atoms with Gasteiger partial charge in [-0.1, -0.05) is 35.9 Å². The minimum Gasteiger partial charge on any atom is -0.504 e. The number of thiophene rings is 1. The lowest BCUT2D eigenvalue weighted by molar-refractivity contribution is -0.140. The Bertz CT molecular complexity index is 1550. The second kappa shape index (κ2) is 14.3. The number of nitrogens with zero attached hydrogens (tertiary/aromatic N) is 1. The number of ether oxygens (including phenoxy) is 2. The molecule has 2 amide bonds. The van der Waals surface area contributed by atoms with Crippen LogP contribution in [0.2, 0.25) is 0 Å². The van der Waals surface area contributed by atoms with Crippen molar-refractivity contribution in [3.05, 3.63) is 90.7 Å². The van der Waals surface area contributed by atoms with E-state index < -0.39 is 23.9 Å². The maximum absolute atomic E-state index is 13.7. The highest BCUT2D eigenvalue weighted by atomic mass is 127. The Balaban J connectivity index is 1.40. The first-order chi connectivity index (χ1) is 21.2. The van der Waals surface area contributed by atoms with Gasteiger partial charge in [-0.25, -0.2) is 0 Å². The van der Waals surface area contributed by atoms with Crippen LogP contribution in [0.3, 0.4) is 0 Å². The summed E-state index contributed by atoms with van der Waals surface area (Å²) in [6, 6.07) is 16.7. The Kier molecular flexibility index (Phi) is 10.5. The van der Waals surface area contributed by atoms with Crippen LogP contribution in [0.1, 0.15) is 36.6 Å². The number of amides is 2. The second-order valence-corrected chi connectivity index (χ2v) is 13.4. The molecule has 232 valence electrons. The van der Waals surface area contributed by atoms with Crippen molar-refractivity contribution < 1.29 is 34.4 Å². The molecule has 0 bridgehead atoms. The fourth-order valence-electron chi connectivity index (χ4n) is 6.27. The largest absolute Gasteiger partial charge is 0.504 e. The molecule has 0 radical (unpaired) electrons. The van der Waals surface area contributed by atoms with Gasteiger partial charge in [0.1, 0.15) is 12.4 Å². The summed E-state index contributed by atoms with van der Waals surface area (Å²) in [6.45, 7) is 1.95. The summed E-state index contributed by atoms with van der Waals surface area (Å²) in [4.78, 5) is 29.5. The third-order valence-corrected chi connectivity index (χ3v) is 10.1. The number of aliphatic hydroxyl groups excluding tert-OH is 2. The first-order valence-electron chi connectivity index (χ1n) is 14.5. The molecule has 44 heavy (non-hydrogen) atoms. The van der Waals surface area contributed by atoms with Crippen molar-refractivity contribution in [3.8, 4) is 17.2 Å². The minimum atomic E-state index is -0.949. The number of aromatic hydroxyl groups is 1. The van der Waals surface area contributed by atoms with Gasteiger partial charge in [-0.05, 0) is 101 Å². The lowest BCUT2D eigenvalue weighted by Gasteiger charge is -2.36. The monoisotopic (exact) mass is 729 g/mol. The number of likely N-dealkylation sites (tertiary alicyclic amines) is 1. The average Bonchev–Trinajstić information content (AvgIpc) is 3.63. The van der Waals surface area contributed by atoms with Crippen molar-refractivity contribution in [2.75, 3.05) is 20.3 Å². The zero-order chi connectivity index (χ0) is 31.4. The summed E-state index contributed by atoms with van der Waals surface area (Å²) in [5.41, 5.74) is 3.21. The van der Waals surface area contributed by atoms with Gasteiger partial charge in [0.25, 0.3) is 0 Å². The van der Waals surface area contributed by atoms with Crippen molar-refractivity contribution in [2.24, 2.45) is 17.8 Å². The Morgan fingerprint density at radius 1 is 1.16 bits per heavy atom. The maximum Gasteiger partial charge on any atom is 0.234 e. The molecule has 5 rings (SSSR count). The lowest BCUT2D eigenvalue weighted by atomic mass is 9.68. The number of methoxy groups -OCH3 is 1. The highest BCUT2D eigenvalue weighted by Crippen LogP contribution is 2.47. The highest BCUT2D eigenvalue weighted by Gasteiger charge is 2.54. The Morgan fingerprint density at radius 2 is 1.93 bits per heavy atom. The van der Waals surface area contributed by atoms with E-state index in [1.165, 1.54) is 23.3 Å². The van der Waals surface area contributed by atoms with Crippen LogP contribution in [0.25, 0.3) is 6.08 Å². The number of para-hydroxylation sites is 1. The summed E-state index contributed by atoms with van der Waals surface area (Å²) >= 11 is 3.54. The molecule has 3 aromatic rings. The maximum atomic E-state index is 13.7. The van der Waals surface area contributed by atoms with Crippen LogP contribution in [0.4, 0.5) is 0 Å². The standard InChI is InChI=1S/C34H36INO7S/c1-20(13-21-14-27(35)32(39)29(15-21)42-2)10-11-28(38)30-22(19-43-23-7-4-3-5-8-23)16-25-31(26(30)18-37)34(41)36(33(25)40)17-24-9-6-12-44-24/h3-9,12-15,25-26,28,31,37-39H,10-11,16-19H2,1-2H3/b20-13+/t25-,26+,28-,31-/m1/s1. The number of hydrogen-bond acceptors (Lipinski definition) is 8. The van der Waals surface area contributed by atoms with Gasteiger partial charge in [-0.15, -0.1) is 11.3 Å². The van der Waals surface area contributed by atoms with Gasteiger partial charge >= 0.3 is 0 Å². The van der Waals surface area contributed by atoms with E-state index >= 15 is 0 Å². The van der Waals surface area contributed by atoms with Crippen LogP contribution in [0, 0.1) is 21.3 Å². The van der Waals surface area contributed by atoms with Crippen molar-refractivity contribution in [1.29, 1.82) is 0 Å². The predicted molar refractivity (Wildman–Crippen MR) is 177 cm³/mol. The summed E-state index contributed by atoms with van der Waals surface area (Å²) < 4.78 is 12.0. The smallest absolute Gasteiger partial charge is 0.234 e. The molecule has 8 nitrogen and oxygen atoms in total. The molecule has 1 aliphatic heterocycles. The number of benzene rings is 2. The highest BCUT2D eigenvalue weighted by molar-refractivity contribution is 14.1. The fraction of sp³-hybridized carbons (Fsp3) is 0.353. The number of carbonyl (C=O) groups is 2. The minimum absolute atomic E-state index is 0.0926. The molecule has 10 heteroatoms. The Hall–Kier alpha value is -3.19. The summed E-state index contributed by atoms with van der Waals surface area (Å²) in [5.74, 6) is -1.45. The number of rotatable bonds is 12. The average molecular weight is 730 g/mol. The fourth-order valence-corrected chi connectivity index (χ4v) is 7.59. The van der Waals surface area contributed by atoms with Gasteiger partial charge in [0.15, 0.2) is 11.5 Å². The number of halogens is 1. The molecule has 1 aromatic heterocycles. The molecule has 4 atom stereocenters. The van der Waals surface area contributed by atoms with E-state index in [4.69, 9.17) is 9.47 Å². The quantitative estimate of drug-likeness (QED) is 0.123. The Morgan fingerprint density at radius 3 is 2.61 bits per heavy atom. The van der Waals surface area contributed by atoms with E-state index in [1.807, 2.05) is 66.9 Å². The van der Waals surface area contributed by atoms with E-state index in [2.05, 4.69) is 22.6 Å². The van der Waals surface area contributed by atoms with E-state index in [9.17, 15) is 24.9 Å². The number of allylic oxidation sites excluding steroid dienone is 1. The third kappa shape index (κ3) is 6.88. The van der Waals surface area contributed by atoms with Crippen LogP contribution in [0.5, 0.6) is 17.2 Å². The number of hydrogen-bond donors (Lipinski definition) is 3. The van der Waals surface area contributed by atoms with Crippen molar-refractivity contribution in [3.63, 3.8) is 0 Å². The van der Waals surface area contributed by atoms with Crippen molar-refractivity contribution >= 4 is 51.8 Å². The molecule has 2 aromatic carbocycles. The normalized spacial score (nSPS) is 21.1. The van der Waals surface area contributed by atoms with Crippen LogP contribution in [-0.2, 0) is 16.1 Å². The van der Waals surface area contributed by atoms with Gasteiger partial charge in [-0.3, -0.25) is 14.5 Å². The zero-order valence-corrected chi connectivity index (χ0v) is 27.6. The molecular formula is C34H36INO7S. The van der Waals surface area contributed by atoms with Crippen molar-refractivity contribution in [1.82, 2.24) is 4.90 Å². The lowest BCUT2D eigenvalue weighted by Crippen LogP contribution is -2.40. The van der Waals surface area contributed by atoms with E-state index in [1.54, 1.807) is 6.07 Å². The number of imide groups is 1. The van der Waals surface area contributed by atoms with E-state index in [0.717, 1.165) is 21.6 Å². The van der Waals surface area contributed by atoms with Gasteiger partial charge in [-0.2, -0.15) is 0 Å². The molecule has 1 aliphatic carbocycles. The number of aliphatic hydroxyl groups is 2. The van der Waals surface area contributed by atoms with Crippen LogP contribution in [-0.4, -0.2) is 58.5 Å². The number of phenolic OH excluding ortho intramolecular Hbond substituents is 1. The van der Waals surface area contributed by atoms with Crippen LogP contribution < -0.4 is 9.47 Å². The van der Waals surface area contributed by atoms with Gasteiger partial charge in [0, 0.05) is 10.8 Å². The van der Waals surface area contributed by atoms with E-state index in [0.29, 0.717) is 33.5 Å². The molecule has 2 aliphatic rings. The SMILES string of the molecule is COc1cc(/C=C(\C)CC[C@@H](O)C2=C(COc3ccccc3)C[C@H]3C(=O)N(Cc4cccs4)C(=O)[C@H]3[C@H]2CO)cc(I)c1O.